The van der Waals surface area contributed by atoms with Gasteiger partial charge in [-0.1, -0.05) is 41.9 Å². The minimum Gasteiger partial charge on any atom is -0.337 e. The molecule has 19 heavy (non-hydrogen) atoms. The molecule has 0 aromatic heterocycles. The maximum absolute atomic E-state index is 11.6. The van der Waals surface area contributed by atoms with E-state index in [4.69, 9.17) is 0 Å². The third kappa shape index (κ3) is 6.59. The Morgan fingerprint density at radius 1 is 1.16 bits per heavy atom. The summed E-state index contributed by atoms with van der Waals surface area (Å²) in [6.45, 7) is 8.38. The summed E-state index contributed by atoms with van der Waals surface area (Å²) in [6.07, 6.45) is 0. The van der Waals surface area contributed by atoms with Crippen LogP contribution in [0, 0.1) is 0 Å². The summed E-state index contributed by atoms with van der Waals surface area (Å²) in [5.74, 6) is 0. The number of amides is 2. The van der Waals surface area contributed by atoms with E-state index < -0.39 is 0 Å². The van der Waals surface area contributed by atoms with Crippen LogP contribution in [0.1, 0.15) is 19.4 Å². The molecule has 0 fully saturated rings. The van der Waals surface area contributed by atoms with Gasteiger partial charge < -0.3 is 15.5 Å². The van der Waals surface area contributed by atoms with Gasteiger partial charge in [-0.25, -0.2) is 4.79 Å². The largest absolute Gasteiger partial charge is 0.337 e. The molecular weight excluding hydrogens is 306 g/mol. The van der Waals surface area contributed by atoms with Crippen LogP contribution in [0.2, 0.25) is 0 Å². The van der Waals surface area contributed by atoms with Gasteiger partial charge >= 0.3 is 6.03 Å². The SMILES string of the molecule is CCN(CC)CCNC(=O)NCc1ccc(Br)cc1. The molecule has 0 radical (unpaired) electrons. The van der Waals surface area contributed by atoms with E-state index >= 15 is 0 Å². The number of nitrogens with zero attached hydrogens (tertiary/aromatic N) is 1. The van der Waals surface area contributed by atoms with Crippen molar-refractivity contribution in [2.75, 3.05) is 26.2 Å². The second-order valence-electron chi connectivity index (χ2n) is 4.26. The third-order valence-electron chi connectivity index (χ3n) is 2.97. The zero-order chi connectivity index (χ0) is 14.1. The van der Waals surface area contributed by atoms with Gasteiger partial charge in [0.2, 0.25) is 0 Å². The lowest BCUT2D eigenvalue weighted by molar-refractivity contribution is 0.236. The van der Waals surface area contributed by atoms with E-state index in [0.717, 1.165) is 29.7 Å². The van der Waals surface area contributed by atoms with Gasteiger partial charge in [0.25, 0.3) is 0 Å². The number of urea groups is 1. The van der Waals surface area contributed by atoms with Crippen molar-refractivity contribution in [1.82, 2.24) is 15.5 Å². The molecule has 0 heterocycles. The Morgan fingerprint density at radius 2 is 1.79 bits per heavy atom. The second kappa shape index (κ2) is 8.93. The molecule has 0 bridgehead atoms. The van der Waals surface area contributed by atoms with Crippen molar-refractivity contribution in [3.63, 3.8) is 0 Å². The van der Waals surface area contributed by atoms with Crippen molar-refractivity contribution in [3.05, 3.63) is 34.3 Å². The summed E-state index contributed by atoms with van der Waals surface area (Å²) in [4.78, 5) is 13.9. The highest BCUT2D eigenvalue weighted by Gasteiger charge is 2.02. The first-order valence-corrected chi connectivity index (χ1v) is 7.43. The molecule has 0 spiro atoms. The van der Waals surface area contributed by atoms with Gasteiger partial charge in [-0.3, -0.25) is 0 Å². The van der Waals surface area contributed by atoms with E-state index in [2.05, 4.69) is 45.3 Å². The fraction of sp³-hybridized carbons (Fsp3) is 0.500. The second-order valence-corrected chi connectivity index (χ2v) is 5.18. The lowest BCUT2D eigenvalue weighted by atomic mass is 10.2. The van der Waals surface area contributed by atoms with E-state index in [1.807, 2.05) is 24.3 Å². The highest BCUT2D eigenvalue weighted by atomic mass is 79.9. The molecule has 0 saturated heterocycles. The average Bonchev–Trinajstić information content (AvgIpc) is 2.43. The molecule has 0 unspecified atom stereocenters. The molecule has 0 aliphatic carbocycles. The van der Waals surface area contributed by atoms with Gasteiger partial charge in [0.1, 0.15) is 0 Å². The van der Waals surface area contributed by atoms with Crippen molar-refractivity contribution in [3.8, 4) is 0 Å². The Labute approximate surface area is 123 Å². The molecule has 4 nitrogen and oxygen atoms in total. The van der Waals surface area contributed by atoms with E-state index in [0.29, 0.717) is 13.1 Å². The van der Waals surface area contributed by atoms with Crippen LogP contribution in [-0.2, 0) is 6.54 Å². The van der Waals surface area contributed by atoms with Crippen LogP contribution in [0.4, 0.5) is 4.79 Å². The molecule has 0 saturated carbocycles. The van der Waals surface area contributed by atoms with Crippen LogP contribution in [0.3, 0.4) is 0 Å². The van der Waals surface area contributed by atoms with Crippen LogP contribution in [0.25, 0.3) is 0 Å². The van der Waals surface area contributed by atoms with Crippen LogP contribution in [0.5, 0.6) is 0 Å². The molecule has 1 rings (SSSR count). The Balaban J connectivity index is 2.19. The molecular formula is C14H22BrN3O. The normalized spacial score (nSPS) is 10.5. The van der Waals surface area contributed by atoms with Crippen LogP contribution in [-0.4, -0.2) is 37.1 Å². The number of likely N-dealkylation sites (N-methyl/N-ethyl adjacent to an activating group) is 1. The smallest absolute Gasteiger partial charge is 0.315 e. The van der Waals surface area contributed by atoms with Crippen molar-refractivity contribution < 1.29 is 4.79 Å². The number of halogens is 1. The molecule has 5 heteroatoms. The van der Waals surface area contributed by atoms with Gasteiger partial charge in [0, 0.05) is 24.1 Å². The Hall–Kier alpha value is -1.07. The minimum atomic E-state index is -0.116. The Morgan fingerprint density at radius 3 is 2.37 bits per heavy atom. The number of hydrogen-bond donors (Lipinski definition) is 2. The molecule has 106 valence electrons. The first kappa shape index (κ1) is 16.0. The van der Waals surface area contributed by atoms with Crippen LogP contribution >= 0.6 is 15.9 Å². The summed E-state index contributed by atoms with van der Waals surface area (Å²) in [6, 6.07) is 7.79. The number of carbonyl (C=O) groups is 1. The quantitative estimate of drug-likeness (QED) is 0.808. The molecule has 1 aromatic rings. The standard InChI is InChI=1S/C14H22BrN3O/c1-3-18(4-2)10-9-16-14(19)17-11-12-5-7-13(15)8-6-12/h5-8H,3-4,9-11H2,1-2H3,(H2,16,17,19). The molecule has 0 aliphatic heterocycles. The highest BCUT2D eigenvalue weighted by Crippen LogP contribution is 2.09. The van der Waals surface area contributed by atoms with Crippen molar-refractivity contribution in [2.45, 2.75) is 20.4 Å². The monoisotopic (exact) mass is 327 g/mol. The number of hydrogen-bond acceptors (Lipinski definition) is 2. The van der Waals surface area contributed by atoms with Crippen molar-refractivity contribution >= 4 is 22.0 Å². The first-order valence-electron chi connectivity index (χ1n) is 6.64. The van der Waals surface area contributed by atoms with E-state index in [1.54, 1.807) is 0 Å². The zero-order valence-electron chi connectivity index (χ0n) is 11.6. The van der Waals surface area contributed by atoms with Crippen molar-refractivity contribution in [2.24, 2.45) is 0 Å². The van der Waals surface area contributed by atoms with E-state index in [9.17, 15) is 4.79 Å². The van der Waals surface area contributed by atoms with Crippen LogP contribution < -0.4 is 10.6 Å². The molecule has 2 N–H and O–H groups in total. The summed E-state index contributed by atoms with van der Waals surface area (Å²) < 4.78 is 1.04. The summed E-state index contributed by atoms with van der Waals surface area (Å²) in [7, 11) is 0. The molecule has 0 aliphatic rings. The van der Waals surface area contributed by atoms with E-state index in [-0.39, 0.29) is 6.03 Å². The lowest BCUT2D eigenvalue weighted by Gasteiger charge is -2.18. The minimum absolute atomic E-state index is 0.116. The van der Waals surface area contributed by atoms with Gasteiger partial charge in [-0.15, -0.1) is 0 Å². The Bertz CT molecular complexity index is 377. The first-order chi connectivity index (χ1) is 9.15. The highest BCUT2D eigenvalue weighted by molar-refractivity contribution is 9.10. The Kier molecular flexibility index (Phi) is 7.52. The van der Waals surface area contributed by atoms with E-state index in [1.165, 1.54) is 0 Å². The molecule has 2 amide bonds. The summed E-state index contributed by atoms with van der Waals surface area (Å²) in [5, 5.41) is 5.71. The lowest BCUT2D eigenvalue weighted by Crippen LogP contribution is -2.40. The predicted molar refractivity (Wildman–Crippen MR) is 82.2 cm³/mol. The molecule has 0 atom stereocenters. The van der Waals surface area contributed by atoms with Crippen LogP contribution in [0.15, 0.2) is 28.7 Å². The average molecular weight is 328 g/mol. The topological polar surface area (TPSA) is 44.4 Å². The third-order valence-corrected chi connectivity index (χ3v) is 3.50. The number of nitrogens with one attached hydrogen (secondary N) is 2. The predicted octanol–water partition coefficient (Wildman–Crippen LogP) is 2.59. The number of benzene rings is 1. The zero-order valence-corrected chi connectivity index (χ0v) is 13.2. The van der Waals surface area contributed by atoms with Gasteiger partial charge in [-0.05, 0) is 30.8 Å². The summed E-state index contributed by atoms with van der Waals surface area (Å²) >= 11 is 3.38. The van der Waals surface area contributed by atoms with Gasteiger partial charge in [0.05, 0.1) is 0 Å². The number of rotatable bonds is 7. The summed E-state index contributed by atoms with van der Waals surface area (Å²) in [5.41, 5.74) is 1.09. The maximum atomic E-state index is 11.6. The van der Waals surface area contributed by atoms with Gasteiger partial charge in [-0.2, -0.15) is 0 Å². The molecule has 1 aromatic carbocycles. The fourth-order valence-corrected chi connectivity index (χ4v) is 1.98. The maximum Gasteiger partial charge on any atom is 0.315 e. The number of carbonyl (C=O) groups excluding carboxylic acids is 1. The van der Waals surface area contributed by atoms with Crippen molar-refractivity contribution in [1.29, 1.82) is 0 Å². The van der Waals surface area contributed by atoms with Gasteiger partial charge in [0.15, 0.2) is 0 Å². The fourth-order valence-electron chi connectivity index (χ4n) is 1.71.